The first-order valence-electron chi connectivity index (χ1n) is 16.9. The standard InChI is InChI=1S/C35H56O7SSi/c1-21-11-13-22(14-12-21)43(37,38)41-25-18-20-35(8)24-17-19-34(7)23(15-16-26(34)42-44(9,10)32(2,3)4)27(24)30-31(28(35)29(25)36)40-33(5,6)39-30/h11-14,23-31,36H,15-20H2,1-10H3/t23?,24?,25-,26+,27?,28?,29+,30-,31-,34+,35-/m1/s1. The van der Waals surface area contributed by atoms with Gasteiger partial charge in [0.1, 0.15) is 6.10 Å². The fourth-order valence-corrected chi connectivity index (χ4v) is 12.5. The minimum absolute atomic E-state index is 0.0710. The van der Waals surface area contributed by atoms with E-state index in [-0.39, 0.29) is 45.0 Å². The number of fused-ring (bicyclic) bond motifs is 8. The molecule has 6 rings (SSSR count). The second-order valence-electron chi connectivity index (χ2n) is 17.3. The van der Waals surface area contributed by atoms with E-state index in [1.165, 1.54) is 0 Å². The molecule has 1 aliphatic heterocycles. The van der Waals surface area contributed by atoms with E-state index in [0.29, 0.717) is 24.2 Å². The molecule has 4 unspecified atom stereocenters. The molecule has 44 heavy (non-hydrogen) atoms. The first-order valence-corrected chi connectivity index (χ1v) is 21.2. The monoisotopic (exact) mass is 648 g/mol. The van der Waals surface area contributed by atoms with Crippen LogP contribution in [0.3, 0.4) is 0 Å². The molecular formula is C35H56O7SSi. The van der Waals surface area contributed by atoms with Crippen molar-refractivity contribution in [2.24, 2.45) is 34.5 Å². The van der Waals surface area contributed by atoms with Crippen molar-refractivity contribution in [2.75, 3.05) is 0 Å². The first-order chi connectivity index (χ1) is 20.2. The Hall–Kier alpha value is -0.813. The van der Waals surface area contributed by atoms with E-state index in [2.05, 4.69) is 47.7 Å². The number of aliphatic hydroxyl groups excluding tert-OH is 1. The third-order valence-electron chi connectivity index (χ3n) is 13.3. The van der Waals surface area contributed by atoms with Crippen molar-refractivity contribution in [1.29, 1.82) is 0 Å². The van der Waals surface area contributed by atoms with Crippen LogP contribution in [0.25, 0.3) is 0 Å². The third-order valence-corrected chi connectivity index (χ3v) is 19.1. The van der Waals surface area contributed by atoms with Crippen molar-refractivity contribution >= 4 is 18.4 Å². The van der Waals surface area contributed by atoms with Gasteiger partial charge in [-0.25, -0.2) is 0 Å². The maximum atomic E-state index is 13.3. The molecule has 4 saturated carbocycles. The molecule has 0 aromatic heterocycles. The number of rotatable bonds is 5. The van der Waals surface area contributed by atoms with E-state index < -0.39 is 36.4 Å². The fourth-order valence-electron chi connectivity index (χ4n) is 9.94. The lowest BCUT2D eigenvalue weighted by Crippen LogP contribution is -2.67. The van der Waals surface area contributed by atoms with Gasteiger partial charge in [0.2, 0.25) is 0 Å². The van der Waals surface area contributed by atoms with Gasteiger partial charge in [-0.3, -0.25) is 4.18 Å². The van der Waals surface area contributed by atoms with Gasteiger partial charge in [-0.1, -0.05) is 52.3 Å². The summed E-state index contributed by atoms with van der Waals surface area (Å²) in [6.07, 6.45) is 3.56. The molecule has 248 valence electrons. The second-order valence-corrected chi connectivity index (χ2v) is 23.6. The number of ether oxygens (including phenoxy) is 2. The van der Waals surface area contributed by atoms with Gasteiger partial charge >= 0.3 is 0 Å². The third kappa shape index (κ3) is 5.19. The Morgan fingerprint density at radius 2 is 1.48 bits per heavy atom. The molecule has 7 nitrogen and oxygen atoms in total. The number of aliphatic hydroxyl groups is 1. The lowest BCUT2D eigenvalue weighted by atomic mass is 9.43. The van der Waals surface area contributed by atoms with Crippen LogP contribution >= 0.6 is 0 Å². The number of aryl methyl sites for hydroxylation is 1. The topological polar surface area (TPSA) is 91.3 Å². The molecule has 0 spiro atoms. The van der Waals surface area contributed by atoms with Gasteiger partial charge in [0, 0.05) is 5.92 Å². The molecule has 0 radical (unpaired) electrons. The highest BCUT2D eigenvalue weighted by atomic mass is 32.2. The van der Waals surface area contributed by atoms with Gasteiger partial charge in [-0.15, -0.1) is 0 Å². The van der Waals surface area contributed by atoms with Crippen molar-refractivity contribution in [1.82, 2.24) is 0 Å². The Bertz CT molecular complexity index is 1350. The van der Waals surface area contributed by atoms with Crippen LogP contribution in [0, 0.1) is 41.4 Å². The predicted octanol–water partition coefficient (Wildman–Crippen LogP) is 7.21. The Labute approximate surface area is 267 Å². The number of hydrogen-bond acceptors (Lipinski definition) is 7. The van der Waals surface area contributed by atoms with Crippen LogP contribution in [0.15, 0.2) is 29.2 Å². The highest BCUT2D eigenvalue weighted by molar-refractivity contribution is 7.86. The molecule has 4 aliphatic carbocycles. The van der Waals surface area contributed by atoms with E-state index in [1.54, 1.807) is 24.3 Å². The predicted molar refractivity (Wildman–Crippen MR) is 173 cm³/mol. The zero-order valence-corrected chi connectivity index (χ0v) is 30.4. The smallest absolute Gasteiger partial charge is 0.297 e. The fraction of sp³-hybridized carbons (Fsp3) is 0.829. The Morgan fingerprint density at radius 3 is 2.11 bits per heavy atom. The summed E-state index contributed by atoms with van der Waals surface area (Å²) in [7, 11) is -5.98. The quantitative estimate of drug-likeness (QED) is 0.266. The average molecular weight is 649 g/mol. The lowest BCUT2D eigenvalue weighted by Gasteiger charge is -2.64. The molecule has 9 heteroatoms. The van der Waals surface area contributed by atoms with E-state index in [0.717, 1.165) is 37.7 Å². The maximum Gasteiger partial charge on any atom is 0.297 e. The molecule has 1 saturated heterocycles. The van der Waals surface area contributed by atoms with Crippen molar-refractivity contribution in [3.63, 3.8) is 0 Å². The van der Waals surface area contributed by atoms with Crippen LogP contribution in [0.1, 0.15) is 92.6 Å². The van der Waals surface area contributed by atoms with Crippen molar-refractivity contribution in [3.05, 3.63) is 29.8 Å². The molecule has 11 atom stereocenters. The SMILES string of the molecule is Cc1ccc(S(=O)(=O)O[C@@H]2CC[C@]3(C)C4CC[C@@]5(C)C(CC[C@@H]5O[Si](C)(C)C(C)(C)C)C4[C@H]4OC(C)(C)O[C@@H]4C3[C@H]2O)cc1. The molecular weight excluding hydrogens is 593 g/mol. The summed E-state index contributed by atoms with van der Waals surface area (Å²) in [5.74, 6) is 0.0335. The number of benzene rings is 1. The highest BCUT2D eigenvalue weighted by Gasteiger charge is 2.70. The molecule has 5 aliphatic rings. The highest BCUT2D eigenvalue weighted by Crippen LogP contribution is 2.69. The summed E-state index contributed by atoms with van der Waals surface area (Å²) < 4.78 is 53.1. The van der Waals surface area contributed by atoms with Crippen LogP contribution < -0.4 is 0 Å². The van der Waals surface area contributed by atoms with E-state index in [9.17, 15) is 13.5 Å². The minimum Gasteiger partial charge on any atom is -0.413 e. The number of hydrogen-bond donors (Lipinski definition) is 1. The van der Waals surface area contributed by atoms with Gasteiger partial charge < -0.3 is 19.0 Å². The summed E-state index contributed by atoms with van der Waals surface area (Å²) in [5.41, 5.74) is 0.828. The molecule has 0 bridgehead atoms. The Morgan fingerprint density at radius 1 is 0.886 bits per heavy atom. The Kier molecular flexibility index (Phi) is 7.97. The van der Waals surface area contributed by atoms with Gasteiger partial charge in [-0.05, 0) is 118 Å². The van der Waals surface area contributed by atoms with Crippen molar-refractivity contribution in [2.45, 2.75) is 153 Å². The molecule has 1 N–H and O–H groups in total. The van der Waals surface area contributed by atoms with E-state index in [1.807, 2.05) is 20.8 Å². The first kappa shape index (κ1) is 33.1. The Balaban J connectivity index is 1.30. The molecule has 1 heterocycles. The van der Waals surface area contributed by atoms with Crippen LogP contribution in [0.4, 0.5) is 0 Å². The zero-order valence-electron chi connectivity index (χ0n) is 28.6. The van der Waals surface area contributed by atoms with Crippen LogP contribution in [-0.4, -0.2) is 58.1 Å². The lowest BCUT2D eigenvalue weighted by molar-refractivity contribution is -0.222. The van der Waals surface area contributed by atoms with E-state index in [4.69, 9.17) is 18.1 Å². The molecule has 0 amide bonds. The van der Waals surface area contributed by atoms with Crippen LogP contribution in [0.5, 0.6) is 0 Å². The summed E-state index contributed by atoms with van der Waals surface area (Å²) in [5, 5.41) is 12.2. The largest absolute Gasteiger partial charge is 0.413 e. The minimum atomic E-state index is -4.03. The average Bonchev–Trinajstić information content (AvgIpc) is 3.40. The van der Waals surface area contributed by atoms with Gasteiger partial charge in [-0.2, -0.15) is 8.42 Å². The maximum absolute atomic E-state index is 13.3. The van der Waals surface area contributed by atoms with Crippen molar-refractivity contribution < 1.29 is 31.6 Å². The summed E-state index contributed by atoms with van der Waals surface area (Å²) in [6, 6.07) is 6.68. The molecule has 1 aromatic carbocycles. The second kappa shape index (κ2) is 10.6. The molecule has 1 aromatic rings. The van der Waals surface area contributed by atoms with Gasteiger partial charge in [0.05, 0.1) is 29.3 Å². The normalized spacial score (nSPS) is 43.6. The van der Waals surface area contributed by atoms with Crippen LogP contribution in [0.2, 0.25) is 18.1 Å². The summed E-state index contributed by atoms with van der Waals surface area (Å²) >= 11 is 0. The van der Waals surface area contributed by atoms with Crippen LogP contribution in [-0.2, 0) is 28.2 Å². The van der Waals surface area contributed by atoms with Crippen molar-refractivity contribution in [3.8, 4) is 0 Å². The molecule has 5 fully saturated rings. The van der Waals surface area contributed by atoms with Gasteiger partial charge in [0.15, 0.2) is 14.1 Å². The zero-order chi connectivity index (χ0) is 32.3. The summed E-state index contributed by atoms with van der Waals surface area (Å²) in [6.45, 7) is 22.4. The van der Waals surface area contributed by atoms with E-state index >= 15 is 0 Å². The summed E-state index contributed by atoms with van der Waals surface area (Å²) in [4.78, 5) is 0.120. The van der Waals surface area contributed by atoms with Gasteiger partial charge in [0.25, 0.3) is 10.1 Å².